The standard InChI is InChI=1S/C14H22F3N3S/c1-4-18-12(19-8-7-14(15,16)17)20-10-13(2,3)11-6-5-9-21-11/h5-6,9H,4,7-8,10H2,1-3H3,(H2,18,19,20). The van der Waals surface area contributed by atoms with Crippen LogP contribution in [0.25, 0.3) is 0 Å². The Morgan fingerprint density at radius 1 is 1.29 bits per heavy atom. The van der Waals surface area contributed by atoms with Crippen molar-refractivity contribution in [2.45, 2.75) is 38.8 Å². The molecule has 0 unspecified atom stereocenters. The van der Waals surface area contributed by atoms with Crippen molar-refractivity contribution in [2.24, 2.45) is 4.99 Å². The lowest BCUT2D eigenvalue weighted by molar-refractivity contribution is -0.132. The van der Waals surface area contributed by atoms with Crippen LogP contribution in [0.4, 0.5) is 13.2 Å². The molecule has 0 aliphatic rings. The Morgan fingerprint density at radius 2 is 2.00 bits per heavy atom. The first-order chi connectivity index (χ1) is 9.74. The summed E-state index contributed by atoms with van der Waals surface area (Å²) in [5, 5.41) is 7.69. The minimum absolute atomic E-state index is 0.138. The molecule has 7 heteroatoms. The summed E-state index contributed by atoms with van der Waals surface area (Å²) < 4.78 is 36.5. The second-order valence-electron chi connectivity index (χ2n) is 5.35. The first-order valence-electron chi connectivity index (χ1n) is 6.87. The molecular weight excluding hydrogens is 299 g/mol. The maximum Gasteiger partial charge on any atom is 0.390 e. The van der Waals surface area contributed by atoms with E-state index in [0.717, 1.165) is 0 Å². The van der Waals surface area contributed by atoms with Gasteiger partial charge in [-0.2, -0.15) is 13.2 Å². The SMILES string of the molecule is CCNC(=NCC(C)(C)c1cccs1)NCCC(F)(F)F. The lowest BCUT2D eigenvalue weighted by atomic mass is 9.92. The van der Waals surface area contributed by atoms with E-state index in [9.17, 15) is 13.2 Å². The quantitative estimate of drug-likeness (QED) is 0.621. The fourth-order valence-corrected chi connectivity index (χ4v) is 2.53. The molecule has 2 N–H and O–H groups in total. The van der Waals surface area contributed by atoms with Crippen LogP contribution in [0.15, 0.2) is 22.5 Å². The van der Waals surface area contributed by atoms with Crippen molar-refractivity contribution >= 4 is 17.3 Å². The first kappa shape index (κ1) is 17.8. The Labute approximate surface area is 127 Å². The van der Waals surface area contributed by atoms with Crippen molar-refractivity contribution in [1.29, 1.82) is 0 Å². The lowest BCUT2D eigenvalue weighted by Gasteiger charge is -2.22. The average molecular weight is 321 g/mol. The molecule has 0 spiro atoms. The highest BCUT2D eigenvalue weighted by molar-refractivity contribution is 7.10. The summed E-state index contributed by atoms with van der Waals surface area (Å²) in [6, 6.07) is 4.03. The van der Waals surface area contributed by atoms with Gasteiger partial charge in [0.2, 0.25) is 0 Å². The Hall–Kier alpha value is -1.24. The Morgan fingerprint density at radius 3 is 2.52 bits per heavy atom. The number of halogens is 3. The second kappa shape index (κ2) is 7.68. The molecule has 1 aromatic heterocycles. The van der Waals surface area contributed by atoms with Crippen molar-refractivity contribution in [2.75, 3.05) is 19.6 Å². The molecular formula is C14H22F3N3S. The van der Waals surface area contributed by atoms with E-state index in [-0.39, 0.29) is 12.0 Å². The molecule has 0 fully saturated rings. The molecule has 0 aliphatic carbocycles. The van der Waals surface area contributed by atoms with Crippen molar-refractivity contribution in [1.82, 2.24) is 10.6 Å². The van der Waals surface area contributed by atoms with Gasteiger partial charge in [-0.05, 0) is 18.4 Å². The molecule has 120 valence electrons. The molecule has 0 bridgehead atoms. The predicted molar refractivity (Wildman–Crippen MR) is 82.0 cm³/mol. The van der Waals surface area contributed by atoms with Crippen LogP contribution in [0.2, 0.25) is 0 Å². The van der Waals surface area contributed by atoms with Crippen LogP contribution in [0, 0.1) is 0 Å². The normalized spacial score (nSPS) is 13.3. The third-order valence-electron chi connectivity index (χ3n) is 2.87. The second-order valence-corrected chi connectivity index (χ2v) is 6.30. The number of thiophene rings is 1. The topological polar surface area (TPSA) is 36.4 Å². The minimum atomic E-state index is -4.15. The van der Waals surface area contributed by atoms with E-state index in [0.29, 0.717) is 19.0 Å². The van der Waals surface area contributed by atoms with E-state index in [1.54, 1.807) is 11.3 Å². The maximum absolute atomic E-state index is 12.2. The van der Waals surface area contributed by atoms with Gasteiger partial charge in [0.1, 0.15) is 0 Å². The van der Waals surface area contributed by atoms with Crippen molar-refractivity contribution < 1.29 is 13.2 Å². The summed E-state index contributed by atoms with van der Waals surface area (Å²) in [5.74, 6) is 0.423. The van der Waals surface area contributed by atoms with Gasteiger partial charge >= 0.3 is 6.18 Å². The van der Waals surface area contributed by atoms with Crippen LogP contribution in [-0.2, 0) is 5.41 Å². The van der Waals surface area contributed by atoms with Gasteiger partial charge in [-0.15, -0.1) is 11.3 Å². The Bertz CT molecular complexity index is 439. The summed E-state index contributed by atoms with van der Waals surface area (Å²) in [6.45, 7) is 6.97. The predicted octanol–water partition coefficient (Wildman–Crippen LogP) is 3.53. The van der Waals surface area contributed by atoms with Crippen LogP contribution in [0.5, 0.6) is 0 Å². The van der Waals surface area contributed by atoms with E-state index in [1.165, 1.54) is 4.88 Å². The first-order valence-corrected chi connectivity index (χ1v) is 7.75. The molecule has 21 heavy (non-hydrogen) atoms. The van der Waals surface area contributed by atoms with Crippen molar-refractivity contribution in [3.8, 4) is 0 Å². The zero-order valence-corrected chi connectivity index (χ0v) is 13.4. The summed E-state index contributed by atoms with van der Waals surface area (Å²) in [7, 11) is 0. The fourth-order valence-electron chi connectivity index (χ4n) is 1.68. The Balaban J connectivity index is 2.59. The van der Waals surface area contributed by atoms with Crippen LogP contribution in [0.1, 0.15) is 32.1 Å². The molecule has 0 radical (unpaired) electrons. The smallest absolute Gasteiger partial charge is 0.357 e. The van der Waals surface area contributed by atoms with E-state index in [4.69, 9.17) is 0 Å². The van der Waals surface area contributed by atoms with Gasteiger partial charge < -0.3 is 10.6 Å². The van der Waals surface area contributed by atoms with Crippen LogP contribution >= 0.6 is 11.3 Å². The van der Waals surface area contributed by atoms with Crippen LogP contribution in [0.3, 0.4) is 0 Å². The summed E-state index contributed by atoms with van der Waals surface area (Å²) in [6.07, 6.45) is -5.02. The van der Waals surface area contributed by atoms with Gasteiger partial charge in [-0.3, -0.25) is 4.99 Å². The van der Waals surface area contributed by atoms with Crippen LogP contribution < -0.4 is 10.6 Å². The van der Waals surface area contributed by atoms with E-state index in [2.05, 4.69) is 29.5 Å². The number of guanidine groups is 1. The zero-order valence-electron chi connectivity index (χ0n) is 12.5. The molecule has 0 aromatic carbocycles. The van der Waals surface area contributed by atoms with Crippen molar-refractivity contribution in [3.05, 3.63) is 22.4 Å². The molecule has 0 amide bonds. The molecule has 0 aliphatic heterocycles. The zero-order chi connectivity index (χ0) is 15.9. The van der Waals surface area contributed by atoms with E-state index >= 15 is 0 Å². The number of nitrogens with zero attached hydrogens (tertiary/aromatic N) is 1. The highest BCUT2D eigenvalue weighted by Gasteiger charge is 2.26. The molecule has 0 atom stereocenters. The van der Waals surface area contributed by atoms with E-state index in [1.807, 2.05) is 24.4 Å². The van der Waals surface area contributed by atoms with Crippen LogP contribution in [-0.4, -0.2) is 31.8 Å². The highest BCUT2D eigenvalue weighted by atomic mass is 32.1. The summed E-state index contributed by atoms with van der Waals surface area (Å²) in [5.41, 5.74) is -0.138. The fraction of sp³-hybridized carbons (Fsp3) is 0.643. The molecule has 0 saturated heterocycles. The number of nitrogens with one attached hydrogen (secondary N) is 2. The molecule has 1 heterocycles. The largest absolute Gasteiger partial charge is 0.390 e. The van der Waals surface area contributed by atoms with Gasteiger partial charge in [0.25, 0.3) is 0 Å². The number of alkyl halides is 3. The molecule has 3 nitrogen and oxygen atoms in total. The summed E-state index contributed by atoms with van der Waals surface area (Å²) >= 11 is 1.66. The molecule has 1 rings (SSSR count). The average Bonchev–Trinajstić information content (AvgIpc) is 2.89. The van der Waals surface area contributed by atoms with Gasteiger partial charge in [-0.1, -0.05) is 19.9 Å². The number of hydrogen-bond donors (Lipinski definition) is 2. The molecule has 0 saturated carbocycles. The third-order valence-corrected chi connectivity index (χ3v) is 4.10. The van der Waals surface area contributed by atoms with E-state index < -0.39 is 12.6 Å². The lowest BCUT2D eigenvalue weighted by Crippen LogP contribution is -2.39. The highest BCUT2D eigenvalue weighted by Crippen LogP contribution is 2.27. The Kier molecular flexibility index (Phi) is 6.51. The number of rotatable bonds is 6. The minimum Gasteiger partial charge on any atom is -0.357 e. The van der Waals surface area contributed by atoms with Gasteiger partial charge in [0.15, 0.2) is 5.96 Å². The van der Waals surface area contributed by atoms with Crippen molar-refractivity contribution in [3.63, 3.8) is 0 Å². The van der Waals surface area contributed by atoms with Gasteiger partial charge in [-0.25, -0.2) is 0 Å². The third kappa shape index (κ3) is 6.84. The van der Waals surface area contributed by atoms with Gasteiger partial charge in [0, 0.05) is 23.4 Å². The maximum atomic E-state index is 12.2. The number of hydrogen-bond acceptors (Lipinski definition) is 2. The monoisotopic (exact) mass is 321 g/mol. The summed E-state index contributed by atoms with van der Waals surface area (Å²) in [4.78, 5) is 5.60. The number of aliphatic imine (C=N–C) groups is 1. The van der Waals surface area contributed by atoms with Gasteiger partial charge in [0.05, 0.1) is 13.0 Å². The molecule has 1 aromatic rings.